The van der Waals surface area contributed by atoms with Crippen molar-refractivity contribution < 1.29 is 19.3 Å². The maximum Gasteiger partial charge on any atom is 0.270 e. The van der Waals surface area contributed by atoms with Gasteiger partial charge in [0, 0.05) is 44.9 Å². The highest BCUT2D eigenvalue weighted by molar-refractivity contribution is 6.34. The zero-order chi connectivity index (χ0) is 23.1. The van der Waals surface area contributed by atoms with Crippen molar-refractivity contribution in [3.63, 3.8) is 0 Å². The molecule has 0 aromatic heterocycles. The molecular formula is C20H28ClN5O5. The lowest BCUT2D eigenvalue weighted by molar-refractivity contribution is -0.384. The van der Waals surface area contributed by atoms with Crippen LogP contribution in [0.3, 0.4) is 0 Å². The fraction of sp³-hybridized carbons (Fsp3) is 0.550. The lowest BCUT2D eigenvalue weighted by Crippen LogP contribution is -2.57. The van der Waals surface area contributed by atoms with Crippen LogP contribution in [0.2, 0.25) is 5.02 Å². The number of nitro groups is 1. The second kappa shape index (κ2) is 11.1. The van der Waals surface area contributed by atoms with Crippen LogP contribution in [0.4, 0.5) is 5.69 Å². The Balaban J connectivity index is 2.01. The fourth-order valence-corrected chi connectivity index (χ4v) is 3.57. The third-order valence-corrected chi connectivity index (χ3v) is 5.37. The van der Waals surface area contributed by atoms with E-state index in [0.717, 1.165) is 6.07 Å². The zero-order valence-corrected chi connectivity index (χ0v) is 18.6. The molecule has 1 saturated heterocycles. The Morgan fingerprint density at radius 3 is 2.35 bits per heavy atom. The summed E-state index contributed by atoms with van der Waals surface area (Å²) in [5.74, 6) is -1.00. The van der Waals surface area contributed by atoms with Gasteiger partial charge in [-0.15, -0.1) is 0 Å². The number of amides is 3. The molecule has 0 radical (unpaired) electrons. The molecule has 2 N–H and O–H groups in total. The van der Waals surface area contributed by atoms with Gasteiger partial charge in [0.2, 0.25) is 11.8 Å². The lowest BCUT2D eigenvalue weighted by atomic mass is 10.0. The number of benzene rings is 1. The minimum absolute atomic E-state index is 0.0467. The first-order valence-electron chi connectivity index (χ1n) is 10.2. The van der Waals surface area contributed by atoms with E-state index in [1.54, 1.807) is 4.90 Å². The van der Waals surface area contributed by atoms with Gasteiger partial charge in [-0.05, 0) is 18.9 Å². The topological polar surface area (TPSA) is 125 Å². The van der Waals surface area contributed by atoms with Crippen molar-refractivity contribution >= 4 is 35.0 Å². The average Bonchev–Trinajstić information content (AvgIpc) is 2.71. The minimum atomic E-state index is -0.770. The SMILES string of the molecule is CCNC(=O)CN1CCN(C(=O)C(NC(=O)c2ccc([N+](=O)[O-])cc2Cl)C(C)C)CC1. The van der Waals surface area contributed by atoms with Crippen LogP contribution in [0.1, 0.15) is 31.1 Å². The van der Waals surface area contributed by atoms with Gasteiger partial charge >= 0.3 is 0 Å². The number of rotatable bonds is 8. The summed E-state index contributed by atoms with van der Waals surface area (Å²) in [7, 11) is 0. The highest BCUT2D eigenvalue weighted by atomic mass is 35.5. The van der Waals surface area contributed by atoms with E-state index in [-0.39, 0.29) is 34.0 Å². The van der Waals surface area contributed by atoms with Gasteiger partial charge in [0.15, 0.2) is 0 Å². The summed E-state index contributed by atoms with van der Waals surface area (Å²) >= 11 is 6.04. The van der Waals surface area contributed by atoms with Crippen molar-refractivity contribution in [2.75, 3.05) is 39.3 Å². The Kier molecular flexibility index (Phi) is 8.76. The zero-order valence-electron chi connectivity index (χ0n) is 17.9. The van der Waals surface area contributed by atoms with Gasteiger partial charge in [0.1, 0.15) is 6.04 Å². The largest absolute Gasteiger partial charge is 0.355 e. The van der Waals surface area contributed by atoms with Crippen LogP contribution in [-0.2, 0) is 9.59 Å². The second-order valence-corrected chi connectivity index (χ2v) is 8.08. The number of piperazine rings is 1. The van der Waals surface area contributed by atoms with Crippen LogP contribution in [0.5, 0.6) is 0 Å². The first kappa shape index (κ1) is 24.5. The molecule has 1 fully saturated rings. The van der Waals surface area contributed by atoms with Crippen molar-refractivity contribution in [1.29, 1.82) is 0 Å². The highest BCUT2D eigenvalue weighted by Crippen LogP contribution is 2.23. The summed E-state index contributed by atoms with van der Waals surface area (Å²) in [5, 5.41) is 16.3. The smallest absolute Gasteiger partial charge is 0.270 e. The third-order valence-electron chi connectivity index (χ3n) is 5.05. The van der Waals surface area contributed by atoms with Crippen LogP contribution < -0.4 is 10.6 Å². The number of carbonyl (C=O) groups is 3. The molecule has 3 amide bonds. The predicted octanol–water partition coefficient (Wildman–Crippen LogP) is 1.28. The molecule has 1 unspecified atom stereocenters. The highest BCUT2D eigenvalue weighted by Gasteiger charge is 2.31. The number of nitro benzene ring substituents is 1. The van der Waals surface area contributed by atoms with E-state index in [1.807, 2.05) is 25.7 Å². The number of nitrogens with zero attached hydrogens (tertiary/aromatic N) is 3. The van der Waals surface area contributed by atoms with Gasteiger partial charge in [-0.3, -0.25) is 29.4 Å². The molecule has 1 aromatic carbocycles. The summed E-state index contributed by atoms with van der Waals surface area (Å²) in [4.78, 5) is 51.4. The molecule has 31 heavy (non-hydrogen) atoms. The monoisotopic (exact) mass is 453 g/mol. The van der Waals surface area contributed by atoms with E-state index in [2.05, 4.69) is 10.6 Å². The van der Waals surface area contributed by atoms with E-state index >= 15 is 0 Å². The summed E-state index contributed by atoms with van der Waals surface area (Å²) in [6.07, 6.45) is 0. The first-order chi connectivity index (χ1) is 14.6. The molecule has 1 atom stereocenters. The van der Waals surface area contributed by atoms with Gasteiger partial charge in [0.25, 0.3) is 11.6 Å². The van der Waals surface area contributed by atoms with Crippen molar-refractivity contribution in [3.05, 3.63) is 38.9 Å². The Morgan fingerprint density at radius 1 is 1.19 bits per heavy atom. The molecule has 0 bridgehead atoms. The molecule has 0 saturated carbocycles. The minimum Gasteiger partial charge on any atom is -0.355 e. The summed E-state index contributed by atoms with van der Waals surface area (Å²) in [6.45, 7) is 8.41. The van der Waals surface area contributed by atoms with E-state index in [1.165, 1.54) is 12.1 Å². The van der Waals surface area contributed by atoms with Crippen LogP contribution in [0.15, 0.2) is 18.2 Å². The number of halogens is 1. The molecular weight excluding hydrogens is 426 g/mol. The van der Waals surface area contributed by atoms with Crippen molar-refractivity contribution in [2.45, 2.75) is 26.8 Å². The van der Waals surface area contributed by atoms with E-state index < -0.39 is 16.9 Å². The van der Waals surface area contributed by atoms with Crippen LogP contribution in [0.25, 0.3) is 0 Å². The van der Waals surface area contributed by atoms with Crippen LogP contribution in [-0.4, -0.2) is 77.8 Å². The molecule has 1 heterocycles. The predicted molar refractivity (Wildman–Crippen MR) is 116 cm³/mol. The number of non-ortho nitro benzene ring substituents is 1. The van der Waals surface area contributed by atoms with Crippen LogP contribution >= 0.6 is 11.6 Å². The van der Waals surface area contributed by atoms with Crippen LogP contribution in [0, 0.1) is 16.0 Å². The van der Waals surface area contributed by atoms with Gasteiger partial charge in [0.05, 0.1) is 22.1 Å². The van der Waals surface area contributed by atoms with Gasteiger partial charge in [-0.2, -0.15) is 0 Å². The number of nitrogens with one attached hydrogen (secondary N) is 2. The number of likely N-dealkylation sites (N-methyl/N-ethyl adjacent to an activating group) is 1. The molecule has 11 heteroatoms. The Labute approximate surface area is 186 Å². The normalized spacial score (nSPS) is 15.5. The van der Waals surface area contributed by atoms with Crippen molar-refractivity contribution in [3.8, 4) is 0 Å². The lowest BCUT2D eigenvalue weighted by Gasteiger charge is -2.37. The van der Waals surface area contributed by atoms with Crippen molar-refractivity contribution in [1.82, 2.24) is 20.4 Å². The second-order valence-electron chi connectivity index (χ2n) is 7.67. The van der Waals surface area contributed by atoms with E-state index in [9.17, 15) is 24.5 Å². The third kappa shape index (κ3) is 6.63. The quantitative estimate of drug-likeness (QED) is 0.451. The van der Waals surface area contributed by atoms with Crippen molar-refractivity contribution in [2.24, 2.45) is 5.92 Å². The standard InChI is InChI=1S/C20H28ClN5O5/c1-4-22-17(27)12-24-7-9-25(10-8-24)20(29)18(13(2)3)23-19(28)15-6-5-14(26(30)31)11-16(15)21/h5-6,11,13,18H,4,7-10,12H2,1-3H3,(H,22,27)(H,23,28). The average molecular weight is 454 g/mol. The van der Waals surface area contributed by atoms with E-state index in [0.29, 0.717) is 39.3 Å². The van der Waals surface area contributed by atoms with Gasteiger partial charge in [-0.1, -0.05) is 25.4 Å². The molecule has 2 rings (SSSR count). The Hall–Kier alpha value is -2.72. The summed E-state index contributed by atoms with van der Waals surface area (Å²) in [6, 6.07) is 2.81. The van der Waals surface area contributed by atoms with E-state index in [4.69, 9.17) is 11.6 Å². The maximum atomic E-state index is 13.1. The first-order valence-corrected chi connectivity index (χ1v) is 10.5. The molecule has 0 spiro atoms. The Morgan fingerprint density at radius 2 is 1.84 bits per heavy atom. The summed E-state index contributed by atoms with van der Waals surface area (Å²) in [5.41, 5.74) is -0.152. The molecule has 170 valence electrons. The molecule has 0 aliphatic carbocycles. The van der Waals surface area contributed by atoms with Gasteiger partial charge in [-0.25, -0.2) is 0 Å². The Bertz CT molecular complexity index is 839. The molecule has 1 aliphatic rings. The molecule has 1 aliphatic heterocycles. The number of hydrogen-bond donors (Lipinski definition) is 2. The van der Waals surface area contributed by atoms with Gasteiger partial charge < -0.3 is 15.5 Å². The fourth-order valence-electron chi connectivity index (χ4n) is 3.31. The number of carbonyl (C=O) groups excluding carboxylic acids is 3. The summed E-state index contributed by atoms with van der Waals surface area (Å²) < 4.78 is 0. The number of hydrogen-bond acceptors (Lipinski definition) is 6. The molecule has 1 aromatic rings. The maximum absolute atomic E-state index is 13.1. The molecule has 10 nitrogen and oxygen atoms in total.